The van der Waals surface area contributed by atoms with Gasteiger partial charge in [-0.2, -0.15) is 0 Å². The third-order valence-electron chi connectivity index (χ3n) is 6.54. The zero-order valence-corrected chi connectivity index (χ0v) is 20.1. The van der Waals surface area contributed by atoms with Crippen LogP contribution in [0, 0.1) is 0 Å². The van der Waals surface area contributed by atoms with Crippen LogP contribution in [-0.2, 0) is 6.42 Å². The van der Waals surface area contributed by atoms with E-state index < -0.39 is 0 Å². The van der Waals surface area contributed by atoms with E-state index in [-0.39, 0.29) is 24.0 Å². The normalized spacial score (nSPS) is 24.4. The first kappa shape index (κ1) is 22.9. The van der Waals surface area contributed by atoms with Crippen LogP contribution >= 0.6 is 24.0 Å². The van der Waals surface area contributed by atoms with E-state index in [4.69, 9.17) is 9.41 Å². The van der Waals surface area contributed by atoms with Crippen molar-refractivity contribution in [3.8, 4) is 0 Å². The molecule has 2 aliphatic heterocycles. The summed E-state index contributed by atoms with van der Waals surface area (Å²) < 4.78 is 5.46. The summed E-state index contributed by atoms with van der Waals surface area (Å²) in [7, 11) is 0. The second-order valence-electron chi connectivity index (χ2n) is 8.56. The van der Waals surface area contributed by atoms with Gasteiger partial charge in [0.05, 0.1) is 12.8 Å². The van der Waals surface area contributed by atoms with Crippen LogP contribution in [0.25, 0.3) is 0 Å². The third kappa shape index (κ3) is 6.85. The molecule has 3 heterocycles. The highest BCUT2D eigenvalue weighted by atomic mass is 127. The average molecular weight is 515 g/mol. The van der Waals surface area contributed by atoms with E-state index in [9.17, 15) is 0 Å². The molecule has 1 unspecified atom stereocenters. The molecule has 1 aromatic rings. The zero-order chi connectivity index (χ0) is 19.2. The van der Waals surface area contributed by atoms with E-state index in [1.807, 2.05) is 12.1 Å². The maximum absolute atomic E-state index is 5.46. The molecule has 0 bridgehead atoms. The third-order valence-corrected chi connectivity index (χ3v) is 6.54. The second-order valence-corrected chi connectivity index (χ2v) is 8.56. The Morgan fingerprint density at radius 1 is 1.17 bits per heavy atom. The molecular weight excluding hydrogens is 477 g/mol. The molecule has 1 aliphatic carbocycles. The number of furan rings is 1. The summed E-state index contributed by atoms with van der Waals surface area (Å²) in [6, 6.07) is 6.02. The van der Waals surface area contributed by atoms with Gasteiger partial charge in [-0.1, -0.05) is 6.92 Å². The number of guanidine groups is 1. The summed E-state index contributed by atoms with van der Waals surface area (Å²) in [5.41, 5.74) is 0. The maximum Gasteiger partial charge on any atom is 0.191 e. The van der Waals surface area contributed by atoms with E-state index >= 15 is 0 Å². The molecule has 2 saturated heterocycles. The molecule has 3 fully saturated rings. The number of hydrogen-bond donors (Lipinski definition) is 2. The van der Waals surface area contributed by atoms with Crippen LogP contribution in [0.3, 0.4) is 0 Å². The molecule has 6 nitrogen and oxygen atoms in total. The predicted octanol–water partition coefficient (Wildman–Crippen LogP) is 3.09. The molecule has 164 valence electrons. The van der Waals surface area contributed by atoms with Gasteiger partial charge in [-0.15, -0.1) is 24.0 Å². The van der Waals surface area contributed by atoms with Crippen LogP contribution in [0.4, 0.5) is 0 Å². The Morgan fingerprint density at radius 2 is 2.00 bits per heavy atom. The molecule has 1 saturated carbocycles. The average Bonchev–Trinajstić information content (AvgIpc) is 3.24. The van der Waals surface area contributed by atoms with E-state index in [0.717, 1.165) is 43.8 Å². The lowest BCUT2D eigenvalue weighted by molar-refractivity contribution is 0.197. The maximum atomic E-state index is 5.46. The molecular formula is C22H38IN5O. The van der Waals surface area contributed by atoms with Crippen molar-refractivity contribution in [1.29, 1.82) is 0 Å². The minimum atomic E-state index is 0. The van der Waals surface area contributed by atoms with Gasteiger partial charge in [-0.25, -0.2) is 0 Å². The molecule has 0 aromatic carbocycles. The first-order chi connectivity index (χ1) is 13.8. The zero-order valence-electron chi connectivity index (χ0n) is 17.8. The van der Waals surface area contributed by atoms with Gasteiger partial charge in [-0.05, 0) is 63.7 Å². The van der Waals surface area contributed by atoms with Crippen molar-refractivity contribution >= 4 is 29.9 Å². The number of piperidine rings is 1. The first-order valence-corrected chi connectivity index (χ1v) is 11.4. The van der Waals surface area contributed by atoms with E-state index in [0.29, 0.717) is 12.1 Å². The van der Waals surface area contributed by atoms with Crippen molar-refractivity contribution in [1.82, 2.24) is 20.4 Å². The number of likely N-dealkylation sites (N-methyl/N-ethyl adjacent to an activating group) is 1. The van der Waals surface area contributed by atoms with Crippen LogP contribution in [0.2, 0.25) is 0 Å². The summed E-state index contributed by atoms with van der Waals surface area (Å²) in [4.78, 5) is 10.2. The molecule has 3 aliphatic rings. The van der Waals surface area contributed by atoms with Crippen molar-refractivity contribution in [2.24, 2.45) is 4.99 Å². The second kappa shape index (κ2) is 11.6. The number of nitrogens with one attached hydrogen (secondary N) is 2. The Balaban J connectivity index is 0.00000240. The summed E-state index contributed by atoms with van der Waals surface area (Å²) in [6.45, 7) is 8.83. The minimum absolute atomic E-state index is 0. The van der Waals surface area contributed by atoms with Crippen LogP contribution in [0.15, 0.2) is 27.8 Å². The van der Waals surface area contributed by atoms with Crippen molar-refractivity contribution in [2.45, 2.75) is 70.0 Å². The van der Waals surface area contributed by atoms with Gasteiger partial charge in [0, 0.05) is 44.2 Å². The number of hydrogen-bond acceptors (Lipinski definition) is 4. The molecule has 7 heteroatoms. The lowest BCUT2D eigenvalue weighted by Crippen LogP contribution is -2.49. The van der Waals surface area contributed by atoms with E-state index in [1.165, 1.54) is 58.2 Å². The molecule has 4 rings (SSSR count). The predicted molar refractivity (Wildman–Crippen MR) is 129 cm³/mol. The highest BCUT2D eigenvalue weighted by Gasteiger charge is 2.32. The van der Waals surface area contributed by atoms with Gasteiger partial charge in [0.25, 0.3) is 0 Å². The fourth-order valence-electron chi connectivity index (χ4n) is 4.67. The SMILES string of the molecule is CCN1CCCC1CN=C(NCCc1ccco1)NC1CCN(C2CC2)CC1.I. The highest BCUT2D eigenvalue weighted by Crippen LogP contribution is 2.29. The first-order valence-electron chi connectivity index (χ1n) is 11.4. The Bertz CT molecular complexity index is 611. The number of likely N-dealkylation sites (tertiary alicyclic amines) is 2. The quantitative estimate of drug-likeness (QED) is 0.317. The summed E-state index contributed by atoms with van der Waals surface area (Å²) in [5, 5.41) is 7.29. The molecule has 0 amide bonds. The van der Waals surface area contributed by atoms with Gasteiger partial charge in [0.15, 0.2) is 5.96 Å². The Kier molecular flexibility index (Phi) is 9.11. The van der Waals surface area contributed by atoms with Crippen molar-refractivity contribution in [3.63, 3.8) is 0 Å². The topological polar surface area (TPSA) is 56.0 Å². The van der Waals surface area contributed by atoms with Gasteiger partial charge in [-0.3, -0.25) is 9.89 Å². The Hall–Kier alpha value is -0.800. The van der Waals surface area contributed by atoms with Crippen LogP contribution < -0.4 is 10.6 Å². The number of aliphatic imine (C=N–C) groups is 1. The fourth-order valence-corrected chi connectivity index (χ4v) is 4.67. The molecule has 1 atom stereocenters. The minimum Gasteiger partial charge on any atom is -0.469 e. The number of halogens is 1. The molecule has 2 N–H and O–H groups in total. The Morgan fingerprint density at radius 3 is 2.69 bits per heavy atom. The molecule has 0 spiro atoms. The lowest BCUT2D eigenvalue weighted by atomic mass is 10.1. The van der Waals surface area contributed by atoms with Crippen LogP contribution in [0.1, 0.15) is 51.2 Å². The standard InChI is InChI=1S/C22H37N5O.HI/c1-2-26-13-3-5-20(26)17-24-22(23-12-9-21-6-4-16-28-21)25-18-10-14-27(15-11-18)19-7-8-19;/h4,6,16,18-20H,2-3,5,7-15,17H2,1H3,(H2,23,24,25);1H. The number of rotatable bonds is 8. The van der Waals surface area contributed by atoms with E-state index in [1.54, 1.807) is 6.26 Å². The summed E-state index contributed by atoms with van der Waals surface area (Å²) in [5.74, 6) is 2.01. The van der Waals surface area contributed by atoms with Gasteiger partial charge in [0.1, 0.15) is 5.76 Å². The van der Waals surface area contributed by atoms with Crippen molar-refractivity contribution < 1.29 is 4.42 Å². The molecule has 0 radical (unpaired) electrons. The molecule has 1 aromatic heterocycles. The summed E-state index contributed by atoms with van der Waals surface area (Å²) in [6.07, 6.45) is 10.5. The molecule has 29 heavy (non-hydrogen) atoms. The van der Waals surface area contributed by atoms with E-state index in [2.05, 4.69) is 27.4 Å². The van der Waals surface area contributed by atoms with Gasteiger partial charge < -0.3 is 20.0 Å². The largest absolute Gasteiger partial charge is 0.469 e. The Labute approximate surface area is 192 Å². The van der Waals surface area contributed by atoms with Gasteiger partial charge >= 0.3 is 0 Å². The van der Waals surface area contributed by atoms with Gasteiger partial charge in [0.2, 0.25) is 0 Å². The lowest BCUT2D eigenvalue weighted by Gasteiger charge is -2.33. The number of nitrogens with zero attached hydrogens (tertiary/aromatic N) is 3. The van der Waals surface area contributed by atoms with Crippen molar-refractivity contribution in [2.75, 3.05) is 39.3 Å². The van der Waals surface area contributed by atoms with Crippen molar-refractivity contribution in [3.05, 3.63) is 24.2 Å². The van der Waals surface area contributed by atoms with Crippen LogP contribution in [-0.4, -0.2) is 73.2 Å². The summed E-state index contributed by atoms with van der Waals surface area (Å²) >= 11 is 0. The van der Waals surface area contributed by atoms with Crippen LogP contribution in [0.5, 0.6) is 0 Å². The fraction of sp³-hybridized carbons (Fsp3) is 0.773. The highest BCUT2D eigenvalue weighted by molar-refractivity contribution is 14.0. The smallest absolute Gasteiger partial charge is 0.191 e. The monoisotopic (exact) mass is 515 g/mol.